The zero-order chi connectivity index (χ0) is 17.3. The van der Waals surface area contributed by atoms with E-state index < -0.39 is 0 Å². The largest absolute Gasteiger partial charge is 0.213 e. The Bertz CT molecular complexity index is 1110. The fraction of sp³-hybridized carbons (Fsp3) is 0.0800. The molecule has 0 amide bonds. The molecular formula is C25H20N+. The summed E-state index contributed by atoms with van der Waals surface area (Å²) < 4.78 is 2.47. The molecule has 4 aromatic rings. The number of rotatable bonds is 3. The average Bonchev–Trinajstić information content (AvgIpc) is 3.13. The lowest BCUT2D eigenvalue weighted by Gasteiger charge is -2.13. The van der Waals surface area contributed by atoms with Crippen LogP contribution in [0.15, 0.2) is 97.1 Å². The van der Waals surface area contributed by atoms with Crippen molar-refractivity contribution in [1.29, 1.82) is 0 Å². The van der Waals surface area contributed by atoms with Crippen molar-refractivity contribution in [3.8, 4) is 0 Å². The molecule has 3 aromatic carbocycles. The molecule has 0 saturated carbocycles. The maximum Gasteiger partial charge on any atom is 0.213 e. The van der Waals surface area contributed by atoms with Crippen molar-refractivity contribution in [1.82, 2.24) is 0 Å². The predicted octanol–water partition coefficient (Wildman–Crippen LogP) is 5.33. The number of para-hydroxylation sites is 1. The fourth-order valence-corrected chi connectivity index (χ4v) is 4.00. The highest BCUT2D eigenvalue weighted by atomic mass is 15.0. The third-order valence-corrected chi connectivity index (χ3v) is 5.27. The van der Waals surface area contributed by atoms with Crippen LogP contribution in [0.4, 0.5) is 0 Å². The highest BCUT2D eigenvalue weighted by molar-refractivity contribution is 5.76. The summed E-state index contributed by atoms with van der Waals surface area (Å²) in [7, 11) is 0. The Kier molecular flexibility index (Phi) is 3.64. The Balaban J connectivity index is 1.71. The van der Waals surface area contributed by atoms with Gasteiger partial charge in [0.1, 0.15) is 0 Å². The second-order valence-electron chi connectivity index (χ2n) is 6.85. The van der Waals surface area contributed by atoms with Crippen molar-refractivity contribution in [3.63, 3.8) is 0 Å². The summed E-state index contributed by atoms with van der Waals surface area (Å²) in [5.74, 6) is 0.305. The molecule has 1 atom stereocenters. The van der Waals surface area contributed by atoms with Crippen molar-refractivity contribution >= 4 is 17.0 Å². The van der Waals surface area contributed by atoms with Crippen LogP contribution in [0.2, 0.25) is 0 Å². The molecule has 1 heteroatoms. The normalized spacial score (nSPS) is 15.3. The molecule has 0 aliphatic heterocycles. The van der Waals surface area contributed by atoms with Crippen LogP contribution in [0.25, 0.3) is 17.0 Å². The summed E-state index contributed by atoms with van der Waals surface area (Å²) in [6.07, 6.45) is 4.58. The van der Waals surface area contributed by atoms with Gasteiger partial charge in [-0.2, -0.15) is 4.57 Å². The van der Waals surface area contributed by atoms with E-state index in [-0.39, 0.29) is 0 Å². The third kappa shape index (κ3) is 2.53. The van der Waals surface area contributed by atoms with E-state index in [0.717, 1.165) is 6.54 Å². The summed E-state index contributed by atoms with van der Waals surface area (Å²) in [5, 5.41) is 1.28. The number of hydrogen-bond donors (Lipinski definition) is 0. The van der Waals surface area contributed by atoms with Crippen LogP contribution in [0.3, 0.4) is 0 Å². The van der Waals surface area contributed by atoms with Crippen LogP contribution in [0.1, 0.15) is 28.3 Å². The summed E-state index contributed by atoms with van der Waals surface area (Å²) in [4.78, 5) is 0. The Morgan fingerprint density at radius 2 is 1.46 bits per heavy atom. The first kappa shape index (κ1) is 15.1. The van der Waals surface area contributed by atoms with Crippen LogP contribution in [0, 0.1) is 0 Å². The number of pyridine rings is 1. The molecule has 5 rings (SSSR count). The second-order valence-corrected chi connectivity index (χ2v) is 6.85. The second kappa shape index (κ2) is 6.27. The van der Waals surface area contributed by atoms with Gasteiger partial charge in [0.25, 0.3) is 0 Å². The zero-order valence-electron chi connectivity index (χ0n) is 14.5. The van der Waals surface area contributed by atoms with Gasteiger partial charge in [-0.05, 0) is 23.3 Å². The van der Waals surface area contributed by atoms with Gasteiger partial charge in [-0.1, -0.05) is 78.9 Å². The van der Waals surface area contributed by atoms with Crippen LogP contribution in [-0.2, 0) is 6.54 Å². The average molecular weight is 334 g/mol. The Morgan fingerprint density at radius 3 is 2.38 bits per heavy atom. The van der Waals surface area contributed by atoms with Gasteiger partial charge in [0.2, 0.25) is 5.52 Å². The van der Waals surface area contributed by atoms with Gasteiger partial charge in [0.05, 0.1) is 5.92 Å². The number of nitrogens with zero attached hydrogens (tertiary/aromatic N) is 1. The number of benzene rings is 3. The molecule has 0 spiro atoms. The van der Waals surface area contributed by atoms with E-state index in [1.54, 1.807) is 0 Å². The standard InChI is InChI=1S/C25H20N/c1-2-8-19(9-3-1)18-26-24-13-7-5-11-21(24)15-17-25(26)23-16-14-20-10-4-6-12-22(20)23/h1-17,23H,18H2/q+1. The van der Waals surface area contributed by atoms with E-state index in [1.807, 2.05) is 0 Å². The molecule has 0 N–H and O–H groups in total. The molecule has 1 aliphatic rings. The Labute approximate surface area is 153 Å². The lowest BCUT2D eigenvalue weighted by Crippen LogP contribution is -2.40. The van der Waals surface area contributed by atoms with Crippen LogP contribution in [-0.4, -0.2) is 0 Å². The number of fused-ring (bicyclic) bond motifs is 2. The van der Waals surface area contributed by atoms with E-state index in [4.69, 9.17) is 0 Å². The maximum absolute atomic E-state index is 2.47. The fourth-order valence-electron chi connectivity index (χ4n) is 4.00. The van der Waals surface area contributed by atoms with E-state index in [2.05, 4.69) is 108 Å². The number of hydrogen-bond acceptors (Lipinski definition) is 0. The summed E-state index contributed by atoms with van der Waals surface area (Å²) >= 11 is 0. The first-order chi connectivity index (χ1) is 12.9. The molecule has 26 heavy (non-hydrogen) atoms. The van der Waals surface area contributed by atoms with Gasteiger partial charge in [-0.25, -0.2) is 0 Å². The molecule has 124 valence electrons. The molecule has 0 saturated heterocycles. The van der Waals surface area contributed by atoms with Gasteiger partial charge in [0.15, 0.2) is 12.2 Å². The highest BCUT2D eigenvalue weighted by Gasteiger charge is 2.28. The zero-order valence-corrected chi connectivity index (χ0v) is 14.5. The van der Waals surface area contributed by atoms with Gasteiger partial charge in [-0.3, -0.25) is 0 Å². The molecular weight excluding hydrogens is 314 g/mol. The summed E-state index contributed by atoms with van der Waals surface area (Å²) in [6.45, 7) is 0.879. The lowest BCUT2D eigenvalue weighted by atomic mass is 9.95. The van der Waals surface area contributed by atoms with Gasteiger partial charge in [0, 0.05) is 23.1 Å². The minimum atomic E-state index is 0.305. The minimum absolute atomic E-state index is 0.305. The number of aromatic nitrogens is 1. The van der Waals surface area contributed by atoms with Gasteiger partial charge < -0.3 is 0 Å². The van der Waals surface area contributed by atoms with Crippen molar-refractivity contribution in [2.24, 2.45) is 0 Å². The molecule has 0 fully saturated rings. The van der Waals surface area contributed by atoms with Crippen molar-refractivity contribution in [3.05, 3.63) is 119 Å². The summed E-state index contributed by atoms with van der Waals surface area (Å²) in [6, 6.07) is 32.6. The molecule has 1 unspecified atom stereocenters. The molecule has 0 bridgehead atoms. The van der Waals surface area contributed by atoms with Crippen molar-refractivity contribution < 1.29 is 4.57 Å². The first-order valence-electron chi connectivity index (χ1n) is 9.13. The SMILES string of the molecule is C1=CC(c2ccc3ccccc3[n+]2Cc2ccccc2)c2ccccc21. The minimum Gasteiger partial charge on any atom is -0.190 e. The first-order valence-corrected chi connectivity index (χ1v) is 9.13. The lowest BCUT2D eigenvalue weighted by molar-refractivity contribution is -0.670. The van der Waals surface area contributed by atoms with Crippen molar-refractivity contribution in [2.75, 3.05) is 0 Å². The molecule has 1 heterocycles. The van der Waals surface area contributed by atoms with E-state index in [9.17, 15) is 0 Å². The maximum atomic E-state index is 2.47. The number of allylic oxidation sites excluding steroid dienone is 1. The monoisotopic (exact) mass is 334 g/mol. The van der Waals surface area contributed by atoms with E-state index >= 15 is 0 Å². The van der Waals surface area contributed by atoms with Gasteiger partial charge in [-0.15, -0.1) is 0 Å². The predicted molar refractivity (Wildman–Crippen MR) is 107 cm³/mol. The molecule has 0 radical (unpaired) electrons. The van der Waals surface area contributed by atoms with Crippen molar-refractivity contribution in [2.45, 2.75) is 12.5 Å². The molecule has 1 nitrogen and oxygen atoms in total. The smallest absolute Gasteiger partial charge is 0.190 e. The van der Waals surface area contributed by atoms with E-state index in [0.29, 0.717) is 5.92 Å². The van der Waals surface area contributed by atoms with Crippen LogP contribution >= 0.6 is 0 Å². The third-order valence-electron chi connectivity index (χ3n) is 5.27. The topological polar surface area (TPSA) is 3.88 Å². The van der Waals surface area contributed by atoms with Crippen LogP contribution < -0.4 is 4.57 Å². The summed E-state index contributed by atoms with van der Waals surface area (Å²) in [5.41, 5.74) is 6.67. The Hall–Kier alpha value is -3.19. The van der Waals surface area contributed by atoms with Gasteiger partial charge >= 0.3 is 0 Å². The highest BCUT2D eigenvalue weighted by Crippen LogP contribution is 2.34. The molecule has 1 aromatic heterocycles. The Morgan fingerprint density at radius 1 is 0.692 bits per heavy atom. The van der Waals surface area contributed by atoms with E-state index in [1.165, 1.54) is 33.3 Å². The molecule has 1 aliphatic carbocycles. The quantitative estimate of drug-likeness (QED) is 0.446. The van der Waals surface area contributed by atoms with Crippen LogP contribution in [0.5, 0.6) is 0 Å².